The van der Waals surface area contributed by atoms with Crippen LogP contribution in [-0.2, 0) is 6.54 Å². The van der Waals surface area contributed by atoms with E-state index in [2.05, 4.69) is 4.99 Å². The molecule has 0 radical (unpaired) electrons. The molecule has 1 heterocycles. The highest BCUT2D eigenvalue weighted by Gasteiger charge is 2.33. The largest absolute Gasteiger partial charge is 0.424 e. The minimum Gasteiger partial charge on any atom is -0.318 e. The van der Waals surface area contributed by atoms with Gasteiger partial charge in [0.25, 0.3) is 0 Å². The van der Waals surface area contributed by atoms with E-state index >= 15 is 0 Å². The first-order chi connectivity index (χ1) is 7.23. The van der Waals surface area contributed by atoms with Gasteiger partial charge in [0.1, 0.15) is 12.7 Å². The Kier molecular flexibility index (Phi) is 2.35. The summed E-state index contributed by atoms with van der Waals surface area (Å²) >= 11 is 0. The fourth-order valence-electron chi connectivity index (χ4n) is 1.54. The molecule has 0 saturated heterocycles. The van der Waals surface area contributed by atoms with E-state index in [0.29, 0.717) is 6.54 Å². The molecule has 0 saturated carbocycles. The van der Waals surface area contributed by atoms with E-state index in [4.69, 9.17) is 5.73 Å². The summed E-state index contributed by atoms with van der Waals surface area (Å²) in [5.41, 5.74) is 6.42. The van der Waals surface area contributed by atoms with Crippen LogP contribution < -0.4 is 5.73 Å². The van der Waals surface area contributed by atoms with Crippen molar-refractivity contribution in [3.8, 4) is 0 Å². The Bertz CT molecular complexity index is 411. The highest BCUT2D eigenvalue weighted by molar-refractivity contribution is 5.76. The van der Waals surface area contributed by atoms with Crippen molar-refractivity contribution in [1.29, 1.82) is 0 Å². The van der Waals surface area contributed by atoms with Crippen LogP contribution in [0, 0.1) is 0 Å². The molecule has 0 spiro atoms. The van der Waals surface area contributed by atoms with Crippen LogP contribution >= 0.6 is 0 Å². The van der Waals surface area contributed by atoms with Gasteiger partial charge in [0.2, 0.25) is 6.34 Å². The number of carbonyl (C=O) groups excluding carboxylic acids is 1. The molecular formula is C11H12N3O+. The molecule has 0 aliphatic carbocycles. The van der Waals surface area contributed by atoms with E-state index in [1.807, 2.05) is 30.3 Å². The molecule has 2 N–H and O–H groups in total. The smallest absolute Gasteiger partial charge is 0.318 e. The zero-order chi connectivity index (χ0) is 10.7. The Hall–Kier alpha value is -1.94. The predicted octanol–water partition coefficient (Wildman–Crippen LogP) is 1.60. The number of nitrogens with zero attached hydrogens (tertiary/aromatic N) is 2. The summed E-state index contributed by atoms with van der Waals surface area (Å²) in [4.78, 5) is 15.3. The first-order valence-electron chi connectivity index (χ1n) is 4.66. The van der Waals surface area contributed by atoms with Gasteiger partial charge in [-0.3, -0.25) is 0 Å². The van der Waals surface area contributed by atoms with Crippen LogP contribution in [0.4, 0.5) is 4.79 Å². The SMILES string of the molecule is NC(=O)[N+]1(Cc2ccccc2)C=CN=C1. The summed E-state index contributed by atoms with van der Waals surface area (Å²) < 4.78 is -0.0377. The fraction of sp³-hybridized carbons (Fsp3) is 0.0909. The third-order valence-electron chi connectivity index (χ3n) is 2.39. The number of benzene rings is 1. The lowest BCUT2D eigenvalue weighted by Crippen LogP contribution is -2.48. The first kappa shape index (κ1) is 9.61. The van der Waals surface area contributed by atoms with Crippen LogP contribution in [0.1, 0.15) is 5.56 Å². The zero-order valence-electron chi connectivity index (χ0n) is 8.21. The van der Waals surface area contributed by atoms with Crippen LogP contribution in [-0.4, -0.2) is 16.9 Å². The molecule has 1 aromatic carbocycles. The molecule has 2 amide bonds. The molecule has 4 heteroatoms. The van der Waals surface area contributed by atoms with Gasteiger partial charge in [-0.15, -0.1) is 0 Å². The van der Waals surface area contributed by atoms with Gasteiger partial charge in [-0.25, -0.2) is 9.79 Å². The van der Waals surface area contributed by atoms with Crippen molar-refractivity contribution < 1.29 is 9.28 Å². The van der Waals surface area contributed by atoms with Crippen LogP contribution in [0.3, 0.4) is 0 Å². The van der Waals surface area contributed by atoms with Crippen molar-refractivity contribution in [2.24, 2.45) is 10.7 Å². The van der Waals surface area contributed by atoms with Gasteiger partial charge >= 0.3 is 6.03 Å². The molecule has 0 aromatic heterocycles. The van der Waals surface area contributed by atoms with Gasteiger partial charge in [0.05, 0.1) is 6.20 Å². The van der Waals surface area contributed by atoms with Gasteiger partial charge in [0.15, 0.2) is 0 Å². The summed E-state index contributed by atoms with van der Waals surface area (Å²) in [7, 11) is 0. The van der Waals surface area contributed by atoms with Crippen molar-refractivity contribution >= 4 is 12.4 Å². The second-order valence-electron chi connectivity index (χ2n) is 3.48. The van der Waals surface area contributed by atoms with Gasteiger partial charge < -0.3 is 5.73 Å². The maximum absolute atomic E-state index is 11.4. The minimum absolute atomic E-state index is 0.0377. The fourth-order valence-corrected chi connectivity index (χ4v) is 1.54. The Morgan fingerprint density at radius 3 is 2.60 bits per heavy atom. The molecule has 1 unspecified atom stereocenters. The second kappa shape index (κ2) is 3.67. The van der Waals surface area contributed by atoms with Crippen molar-refractivity contribution in [3.63, 3.8) is 0 Å². The van der Waals surface area contributed by atoms with Crippen molar-refractivity contribution in [3.05, 3.63) is 48.3 Å². The summed E-state index contributed by atoms with van der Waals surface area (Å²) in [6.45, 7) is 0.510. The molecule has 0 fully saturated rings. The second-order valence-corrected chi connectivity index (χ2v) is 3.48. The molecule has 1 aliphatic heterocycles. The highest BCUT2D eigenvalue weighted by atomic mass is 16.2. The number of hydrogen-bond donors (Lipinski definition) is 1. The average molecular weight is 202 g/mol. The Morgan fingerprint density at radius 2 is 2.07 bits per heavy atom. The normalized spacial score (nSPS) is 23.2. The maximum Gasteiger partial charge on any atom is 0.424 e. The molecular weight excluding hydrogens is 190 g/mol. The van der Waals surface area contributed by atoms with Crippen molar-refractivity contribution in [1.82, 2.24) is 0 Å². The van der Waals surface area contributed by atoms with Gasteiger partial charge in [-0.05, 0) is 0 Å². The Labute approximate surface area is 87.9 Å². The number of urea groups is 1. The number of nitrogens with two attached hydrogens (primary N) is 1. The summed E-state index contributed by atoms with van der Waals surface area (Å²) in [5.74, 6) is 0. The number of rotatable bonds is 2. The predicted molar refractivity (Wildman–Crippen MR) is 57.6 cm³/mol. The van der Waals surface area contributed by atoms with Crippen LogP contribution in [0.25, 0.3) is 0 Å². The number of primary amides is 1. The Balaban J connectivity index is 2.27. The van der Waals surface area contributed by atoms with Crippen LogP contribution in [0.2, 0.25) is 0 Å². The molecule has 1 atom stereocenters. The zero-order valence-corrected chi connectivity index (χ0v) is 8.21. The van der Waals surface area contributed by atoms with Crippen LogP contribution in [0.5, 0.6) is 0 Å². The van der Waals surface area contributed by atoms with E-state index in [9.17, 15) is 4.79 Å². The van der Waals surface area contributed by atoms with Gasteiger partial charge in [-0.1, -0.05) is 30.3 Å². The quantitative estimate of drug-likeness (QED) is 0.727. The number of aliphatic imine (C=N–C) groups is 1. The van der Waals surface area contributed by atoms with E-state index in [-0.39, 0.29) is 4.48 Å². The number of amides is 2. The Morgan fingerprint density at radius 1 is 1.33 bits per heavy atom. The van der Waals surface area contributed by atoms with E-state index in [1.165, 1.54) is 0 Å². The lowest BCUT2D eigenvalue weighted by molar-refractivity contribution is -0.704. The highest BCUT2D eigenvalue weighted by Crippen LogP contribution is 2.16. The molecule has 15 heavy (non-hydrogen) atoms. The van der Waals surface area contributed by atoms with Crippen LogP contribution in [0.15, 0.2) is 47.7 Å². The number of carbonyl (C=O) groups is 1. The molecule has 76 valence electrons. The lowest BCUT2D eigenvalue weighted by atomic mass is 10.2. The summed E-state index contributed by atoms with van der Waals surface area (Å²) in [5, 5.41) is 0. The van der Waals surface area contributed by atoms with E-state index < -0.39 is 6.03 Å². The summed E-state index contributed by atoms with van der Waals surface area (Å²) in [6, 6.07) is 9.31. The standard InChI is InChI=1S/C11H11N3O/c12-11(15)14(7-6-13-9-14)8-10-4-2-1-3-5-10/h1-7,9H,8H2,(H-,12,15)/p+1. The average Bonchev–Trinajstić information content (AvgIpc) is 2.69. The van der Waals surface area contributed by atoms with Gasteiger partial charge in [0, 0.05) is 5.56 Å². The summed E-state index contributed by atoms with van der Waals surface area (Å²) in [6.07, 6.45) is 4.83. The molecule has 0 bridgehead atoms. The minimum atomic E-state index is -0.420. The molecule has 1 aliphatic rings. The maximum atomic E-state index is 11.4. The molecule has 1 aromatic rings. The number of hydrogen-bond acceptors (Lipinski definition) is 2. The first-order valence-corrected chi connectivity index (χ1v) is 4.66. The van der Waals surface area contributed by atoms with E-state index in [0.717, 1.165) is 5.56 Å². The lowest BCUT2D eigenvalue weighted by Gasteiger charge is -2.21. The topological polar surface area (TPSA) is 55.5 Å². The van der Waals surface area contributed by atoms with Crippen molar-refractivity contribution in [2.45, 2.75) is 6.54 Å². The third kappa shape index (κ3) is 1.80. The third-order valence-corrected chi connectivity index (χ3v) is 2.39. The number of quaternary nitrogens is 1. The van der Waals surface area contributed by atoms with E-state index in [1.54, 1.807) is 18.7 Å². The van der Waals surface area contributed by atoms with Gasteiger partial charge in [-0.2, -0.15) is 4.48 Å². The molecule has 4 nitrogen and oxygen atoms in total. The molecule has 2 rings (SSSR count). The monoisotopic (exact) mass is 202 g/mol. The van der Waals surface area contributed by atoms with Crippen molar-refractivity contribution in [2.75, 3.05) is 0 Å².